The Morgan fingerprint density at radius 2 is 2.21 bits per heavy atom. The van der Waals surface area contributed by atoms with Gasteiger partial charge in [-0.2, -0.15) is 4.73 Å². The molecule has 2 aromatic rings. The smallest absolute Gasteiger partial charge is 0.352 e. The predicted molar refractivity (Wildman–Crippen MR) is 128 cm³/mol. The van der Waals surface area contributed by atoms with Crippen LogP contribution in [0.25, 0.3) is 5.57 Å². The third-order valence-corrected chi connectivity index (χ3v) is 7.53. The van der Waals surface area contributed by atoms with Gasteiger partial charge in [-0.05, 0) is 5.56 Å². The fraction of sp³-hybridized carbons (Fsp3) is 0.211. The number of nitrogen functional groups attached to an aromatic ring is 1. The summed E-state index contributed by atoms with van der Waals surface area (Å²) in [6, 6.07) is 2.94. The summed E-state index contributed by atoms with van der Waals surface area (Å²) in [6.45, 7) is 0. The quantitative estimate of drug-likeness (QED) is 0.112. The molecule has 1 saturated heterocycles. The molecule has 0 aromatic carbocycles. The molecule has 2 aliphatic rings. The average Bonchev–Trinajstić information content (AvgIpc) is 3.25. The lowest BCUT2D eigenvalue weighted by Crippen LogP contribution is -2.80. The number of anilines is 1. The lowest BCUT2D eigenvalue weighted by Gasteiger charge is -2.55. The Labute approximate surface area is 205 Å². The highest BCUT2D eigenvalue weighted by atomic mass is 32.2. The molecule has 12 nitrogen and oxygen atoms in total. The zero-order valence-electron chi connectivity index (χ0n) is 17.3. The molecule has 176 valence electrons. The normalized spacial score (nSPS) is 22.0. The minimum atomic E-state index is -1.66. The number of carbonyl (C=O) groups excluding carboxylic acids is 2. The van der Waals surface area contributed by atoms with Gasteiger partial charge < -0.3 is 26.2 Å². The number of nitrogens with zero attached hydrogens (tertiary/aromatic N) is 4. The van der Waals surface area contributed by atoms with Crippen LogP contribution in [0, 0.1) is 5.21 Å². The number of pyridine rings is 1. The lowest BCUT2D eigenvalue weighted by molar-refractivity contribution is -0.605. The number of aliphatic carboxylic acids is 1. The summed E-state index contributed by atoms with van der Waals surface area (Å²) in [4.78, 5) is 48.3. The monoisotopic (exact) mass is 520 g/mol. The number of thioether (sulfide) groups is 1. The van der Waals surface area contributed by atoms with E-state index in [1.165, 1.54) is 48.8 Å². The zero-order chi connectivity index (χ0) is 24.6. The first-order chi connectivity index (χ1) is 16.2. The SMILES string of the molecule is CO/N=C(\C(=O)N[C@@]1(C=S)C(=O)N2C(C(=O)O)=C(c3cc[n+]([O-])cc3)CS[C@@H]21)c1csc(N)n1. The molecule has 0 unspecified atom stereocenters. The summed E-state index contributed by atoms with van der Waals surface area (Å²) in [7, 11) is 1.24. The van der Waals surface area contributed by atoms with E-state index in [1.807, 2.05) is 0 Å². The number of carbonyl (C=O) groups is 3. The number of oxime groups is 1. The molecule has 4 N–H and O–H groups in total. The van der Waals surface area contributed by atoms with E-state index < -0.39 is 28.7 Å². The molecule has 0 radical (unpaired) electrons. The average molecular weight is 521 g/mol. The third-order valence-electron chi connectivity index (χ3n) is 5.13. The van der Waals surface area contributed by atoms with Gasteiger partial charge in [-0.1, -0.05) is 17.4 Å². The van der Waals surface area contributed by atoms with Crippen LogP contribution in [0.15, 0.2) is 40.8 Å². The van der Waals surface area contributed by atoms with Crippen molar-refractivity contribution in [3.8, 4) is 0 Å². The molecule has 2 aromatic heterocycles. The highest BCUT2D eigenvalue weighted by molar-refractivity contribution is 8.00. The first-order valence-electron chi connectivity index (χ1n) is 9.45. The summed E-state index contributed by atoms with van der Waals surface area (Å²) in [5.41, 5.74) is 4.53. The molecule has 34 heavy (non-hydrogen) atoms. The number of amides is 2. The Balaban J connectivity index is 1.67. The van der Waals surface area contributed by atoms with Gasteiger partial charge in [0, 0.05) is 34.2 Å². The van der Waals surface area contributed by atoms with Crippen molar-refractivity contribution in [2.24, 2.45) is 5.16 Å². The molecule has 0 aliphatic carbocycles. The highest BCUT2D eigenvalue weighted by Crippen LogP contribution is 2.47. The Morgan fingerprint density at radius 3 is 2.76 bits per heavy atom. The van der Waals surface area contributed by atoms with Crippen LogP contribution in [0.5, 0.6) is 0 Å². The van der Waals surface area contributed by atoms with Gasteiger partial charge in [0.15, 0.2) is 28.8 Å². The molecular formula is C19H16N6O6S3. The molecule has 2 atom stereocenters. The van der Waals surface area contributed by atoms with Gasteiger partial charge in [-0.3, -0.25) is 14.5 Å². The Bertz CT molecular complexity index is 1260. The summed E-state index contributed by atoms with van der Waals surface area (Å²) >= 11 is 7.42. The number of thiazole rings is 1. The number of carboxylic acids is 1. The van der Waals surface area contributed by atoms with E-state index in [4.69, 9.17) is 22.8 Å². The Kier molecular flexibility index (Phi) is 6.24. The molecule has 2 aliphatic heterocycles. The predicted octanol–water partition coefficient (Wildman–Crippen LogP) is -0.0251. The molecular weight excluding hydrogens is 504 g/mol. The van der Waals surface area contributed by atoms with Gasteiger partial charge in [0.1, 0.15) is 23.9 Å². The molecule has 4 rings (SSSR count). The lowest BCUT2D eigenvalue weighted by atomic mass is 9.87. The van der Waals surface area contributed by atoms with Gasteiger partial charge in [-0.25, -0.2) is 9.78 Å². The van der Waals surface area contributed by atoms with Gasteiger partial charge in [0.25, 0.3) is 11.8 Å². The first-order valence-corrected chi connectivity index (χ1v) is 11.9. The first kappa shape index (κ1) is 23.6. The molecule has 1 fully saturated rings. The number of aromatic nitrogens is 2. The number of carboxylic acid groups (broad SMARTS) is 1. The van der Waals surface area contributed by atoms with Gasteiger partial charge >= 0.3 is 5.97 Å². The van der Waals surface area contributed by atoms with Gasteiger partial charge in [0.2, 0.25) is 0 Å². The van der Waals surface area contributed by atoms with Gasteiger partial charge in [-0.15, -0.1) is 23.1 Å². The second kappa shape index (κ2) is 9.00. The zero-order valence-corrected chi connectivity index (χ0v) is 19.8. The van der Waals surface area contributed by atoms with Crippen LogP contribution in [-0.4, -0.2) is 67.6 Å². The van der Waals surface area contributed by atoms with Crippen molar-refractivity contribution in [2.45, 2.75) is 10.9 Å². The highest BCUT2D eigenvalue weighted by Gasteiger charge is 2.64. The van der Waals surface area contributed by atoms with Crippen LogP contribution in [0.2, 0.25) is 0 Å². The van der Waals surface area contributed by atoms with Crippen molar-refractivity contribution in [3.63, 3.8) is 0 Å². The second-order valence-electron chi connectivity index (χ2n) is 7.05. The van der Waals surface area contributed by atoms with Crippen LogP contribution in [0.1, 0.15) is 11.3 Å². The topological polar surface area (TPSA) is 174 Å². The van der Waals surface area contributed by atoms with Crippen molar-refractivity contribution in [2.75, 3.05) is 18.6 Å². The number of rotatable bonds is 7. The van der Waals surface area contributed by atoms with E-state index in [0.29, 0.717) is 15.9 Å². The molecule has 2 amide bonds. The summed E-state index contributed by atoms with van der Waals surface area (Å²) in [6.07, 6.45) is 2.47. The molecule has 0 bridgehead atoms. The van der Waals surface area contributed by atoms with E-state index in [1.54, 1.807) is 0 Å². The van der Waals surface area contributed by atoms with Crippen LogP contribution in [0.4, 0.5) is 5.13 Å². The number of nitrogens with one attached hydrogen (secondary N) is 1. The Hall–Kier alpha value is -3.56. The van der Waals surface area contributed by atoms with Crippen molar-refractivity contribution in [1.82, 2.24) is 15.2 Å². The van der Waals surface area contributed by atoms with E-state index in [2.05, 4.69) is 15.5 Å². The minimum Gasteiger partial charge on any atom is -0.619 e. The van der Waals surface area contributed by atoms with E-state index in [-0.39, 0.29) is 28.0 Å². The minimum absolute atomic E-state index is 0.148. The molecule has 0 spiro atoms. The molecule has 0 saturated carbocycles. The maximum Gasteiger partial charge on any atom is 0.352 e. The number of β-lactam (4-membered cyclic amide) rings is 1. The van der Waals surface area contributed by atoms with Gasteiger partial charge in [0.05, 0.1) is 0 Å². The maximum absolute atomic E-state index is 13.3. The number of hydrogen-bond acceptors (Lipinski definition) is 11. The Morgan fingerprint density at radius 1 is 1.50 bits per heavy atom. The van der Waals surface area contributed by atoms with Crippen molar-refractivity contribution < 1.29 is 29.1 Å². The number of thiocarbonyl (C=S) groups is 1. The molecule has 4 heterocycles. The fourth-order valence-electron chi connectivity index (χ4n) is 3.61. The second-order valence-corrected chi connectivity index (χ2v) is 9.25. The van der Waals surface area contributed by atoms with Crippen molar-refractivity contribution in [3.05, 3.63) is 52.1 Å². The number of nitrogens with two attached hydrogens (primary N) is 1. The third kappa shape index (κ3) is 3.76. The van der Waals surface area contributed by atoms with Crippen molar-refractivity contribution in [1.29, 1.82) is 0 Å². The summed E-state index contributed by atoms with van der Waals surface area (Å²) in [5.74, 6) is -2.64. The standard InChI is InChI=1S/C19H16N6O6S3/c1-31-23-12(11-7-34-18(20)21-11)14(26)22-19(8-32)16(29)25-13(15(27)28)10(6-33-17(19)25)9-2-4-24(30)5-3-9/h2-5,7-8,17H,6H2,1H3,(H2,20,21)(H,22,26)(H,27,28)/b23-12-/t17-,19+/m1/s1. The van der Waals surface area contributed by atoms with Crippen LogP contribution >= 0.6 is 35.3 Å². The van der Waals surface area contributed by atoms with E-state index in [0.717, 1.165) is 21.6 Å². The van der Waals surface area contributed by atoms with Crippen LogP contribution < -0.4 is 15.8 Å². The van der Waals surface area contributed by atoms with Crippen LogP contribution in [0.3, 0.4) is 0 Å². The summed E-state index contributed by atoms with van der Waals surface area (Å²) < 4.78 is 0.569. The largest absolute Gasteiger partial charge is 0.619 e. The summed E-state index contributed by atoms with van der Waals surface area (Å²) in [5, 5.41) is 29.5. The molecule has 15 heteroatoms. The number of fused-ring (bicyclic) bond motifs is 1. The van der Waals surface area contributed by atoms with Crippen LogP contribution in [-0.2, 0) is 19.2 Å². The maximum atomic E-state index is 13.3. The van der Waals surface area contributed by atoms with E-state index in [9.17, 15) is 24.7 Å². The fourth-order valence-corrected chi connectivity index (χ4v) is 6.00. The van der Waals surface area contributed by atoms with E-state index >= 15 is 0 Å². The van der Waals surface area contributed by atoms with Crippen molar-refractivity contribution >= 4 is 74.9 Å². The number of hydrogen-bond donors (Lipinski definition) is 3.